The Hall–Kier alpha value is -3.75. The second-order valence-electron chi connectivity index (χ2n) is 8.95. The van der Waals surface area contributed by atoms with E-state index < -0.39 is 32.5 Å². The number of carbonyl (C=O) groups is 2. The molecule has 2 aromatic heterocycles. The van der Waals surface area contributed by atoms with Crippen molar-refractivity contribution in [3.63, 3.8) is 0 Å². The van der Waals surface area contributed by atoms with E-state index in [2.05, 4.69) is 25.8 Å². The number of nitrogens with zero attached hydrogens (tertiary/aromatic N) is 3. The molecule has 0 atom stereocenters. The number of H-pyrrole nitrogens is 1. The summed E-state index contributed by atoms with van der Waals surface area (Å²) in [4.78, 5) is 29.4. The fourth-order valence-corrected chi connectivity index (χ4v) is 5.91. The molecule has 2 aliphatic heterocycles. The number of ether oxygens (including phenoxy) is 1. The number of pyridine rings is 1. The predicted molar refractivity (Wildman–Crippen MR) is 131 cm³/mol. The number of nitrogens with one attached hydrogen (secondary N) is 3. The van der Waals surface area contributed by atoms with Gasteiger partial charge in [-0.3, -0.25) is 14.7 Å². The van der Waals surface area contributed by atoms with E-state index in [1.165, 1.54) is 6.20 Å². The topological polar surface area (TPSA) is 146 Å². The summed E-state index contributed by atoms with van der Waals surface area (Å²) in [7, 11) is -4.23. The van der Waals surface area contributed by atoms with E-state index in [4.69, 9.17) is 4.74 Å². The highest BCUT2D eigenvalue weighted by Gasteiger charge is 2.32. The van der Waals surface area contributed by atoms with Crippen LogP contribution < -0.4 is 10.6 Å². The summed E-state index contributed by atoms with van der Waals surface area (Å²) >= 11 is 0. The fraction of sp³-hybridized carbons (Fsp3) is 0.333. The van der Waals surface area contributed by atoms with Gasteiger partial charge in [-0.1, -0.05) is 0 Å². The van der Waals surface area contributed by atoms with E-state index in [0.29, 0.717) is 43.4 Å². The van der Waals surface area contributed by atoms with E-state index in [9.17, 15) is 26.8 Å². The number of halogens is 2. The number of fused-ring (bicyclic) bond motifs is 1. The van der Waals surface area contributed by atoms with Crippen molar-refractivity contribution in [1.82, 2.24) is 19.5 Å². The van der Waals surface area contributed by atoms with E-state index >= 15 is 0 Å². The smallest absolute Gasteiger partial charge is 0.277 e. The maximum absolute atomic E-state index is 13.7. The van der Waals surface area contributed by atoms with Crippen LogP contribution in [0.5, 0.6) is 0 Å². The molecule has 2 aliphatic rings. The van der Waals surface area contributed by atoms with Crippen LogP contribution in [-0.4, -0.2) is 59.5 Å². The number of rotatable bonds is 6. The lowest BCUT2D eigenvalue weighted by molar-refractivity contribution is -0.122. The number of anilines is 2. The Kier molecular flexibility index (Phi) is 7.19. The van der Waals surface area contributed by atoms with Crippen LogP contribution in [0.3, 0.4) is 0 Å². The minimum Gasteiger partial charge on any atom is -0.381 e. The second kappa shape index (κ2) is 10.6. The first-order valence-electron chi connectivity index (χ1n) is 11.9. The third kappa shape index (κ3) is 5.28. The van der Waals surface area contributed by atoms with Crippen LogP contribution in [0.15, 0.2) is 41.4 Å². The molecule has 1 fully saturated rings. The van der Waals surface area contributed by atoms with Crippen LogP contribution in [-0.2, 0) is 32.5 Å². The van der Waals surface area contributed by atoms with Gasteiger partial charge in [-0.05, 0) is 37.1 Å². The molecule has 0 aliphatic carbocycles. The summed E-state index contributed by atoms with van der Waals surface area (Å²) in [5.74, 6) is -3.06. The molecule has 14 heteroatoms. The number of aromatic nitrogens is 3. The molecule has 0 saturated carbocycles. The number of aromatic amines is 1. The summed E-state index contributed by atoms with van der Waals surface area (Å²) in [5, 5.41) is 12.3. The van der Waals surface area contributed by atoms with Gasteiger partial charge in [0.15, 0.2) is 11.5 Å². The first kappa shape index (κ1) is 25.9. The lowest BCUT2D eigenvalue weighted by Crippen LogP contribution is -2.36. The third-order valence-electron chi connectivity index (χ3n) is 6.48. The zero-order valence-electron chi connectivity index (χ0n) is 20.0. The van der Waals surface area contributed by atoms with Crippen LogP contribution in [0.4, 0.5) is 20.3 Å². The zero-order chi connectivity index (χ0) is 26.9. The van der Waals surface area contributed by atoms with Crippen molar-refractivity contribution in [3.8, 4) is 0 Å². The molecule has 0 radical (unpaired) electrons. The molecule has 0 bridgehead atoms. The molecular formula is C24H24F2N6O5S. The molecule has 11 nitrogen and oxygen atoms in total. The molecule has 38 heavy (non-hydrogen) atoms. The molecule has 0 unspecified atom stereocenters. The van der Waals surface area contributed by atoms with Gasteiger partial charge >= 0.3 is 0 Å². The molecule has 3 aromatic rings. The Labute approximate surface area is 216 Å². The normalized spacial score (nSPS) is 16.6. The van der Waals surface area contributed by atoms with Crippen LogP contribution in [0.25, 0.3) is 0 Å². The minimum atomic E-state index is -4.23. The van der Waals surface area contributed by atoms with Gasteiger partial charge < -0.3 is 15.4 Å². The van der Waals surface area contributed by atoms with Gasteiger partial charge in [-0.2, -0.15) is 9.40 Å². The second-order valence-corrected chi connectivity index (χ2v) is 10.9. The van der Waals surface area contributed by atoms with Crippen molar-refractivity contribution >= 4 is 33.3 Å². The number of amides is 2. The summed E-state index contributed by atoms with van der Waals surface area (Å²) < 4.78 is 59.9. The van der Waals surface area contributed by atoms with Gasteiger partial charge in [0.1, 0.15) is 11.6 Å². The quantitative estimate of drug-likeness (QED) is 0.430. The Morgan fingerprint density at radius 2 is 1.84 bits per heavy atom. The van der Waals surface area contributed by atoms with Crippen LogP contribution in [0.2, 0.25) is 0 Å². The predicted octanol–water partition coefficient (Wildman–Crippen LogP) is 2.45. The average molecular weight is 547 g/mol. The maximum atomic E-state index is 13.7. The van der Waals surface area contributed by atoms with Crippen molar-refractivity contribution in [3.05, 3.63) is 65.1 Å². The maximum Gasteiger partial charge on any atom is 0.277 e. The van der Waals surface area contributed by atoms with Gasteiger partial charge in [-0.25, -0.2) is 22.2 Å². The minimum absolute atomic E-state index is 0.0415. The van der Waals surface area contributed by atoms with Crippen molar-refractivity contribution in [2.24, 2.45) is 5.92 Å². The number of hydrogen-bond donors (Lipinski definition) is 3. The first-order chi connectivity index (χ1) is 18.2. The van der Waals surface area contributed by atoms with Gasteiger partial charge in [0, 0.05) is 62.2 Å². The molecule has 200 valence electrons. The Morgan fingerprint density at radius 1 is 1.11 bits per heavy atom. The molecule has 3 N–H and O–H groups in total. The van der Waals surface area contributed by atoms with E-state index in [1.807, 2.05) is 0 Å². The highest BCUT2D eigenvalue weighted by Crippen LogP contribution is 2.29. The van der Waals surface area contributed by atoms with Gasteiger partial charge in [-0.15, -0.1) is 0 Å². The first-order valence-corrected chi connectivity index (χ1v) is 13.3. The molecule has 1 saturated heterocycles. The number of benzene rings is 1. The highest BCUT2D eigenvalue weighted by atomic mass is 32.2. The monoisotopic (exact) mass is 546 g/mol. The fourth-order valence-electron chi connectivity index (χ4n) is 4.45. The molecule has 4 heterocycles. The van der Waals surface area contributed by atoms with Crippen molar-refractivity contribution in [2.45, 2.75) is 30.7 Å². The van der Waals surface area contributed by atoms with Gasteiger partial charge in [0.2, 0.25) is 15.9 Å². The number of sulfonamides is 1. The molecule has 1 aromatic carbocycles. The Morgan fingerprint density at radius 3 is 2.58 bits per heavy atom. The largest absolute Gasteiger partial charge is 0.381 e. The number of carbonyl (C=O) groups excluding carboxylic acids is 2. The molecule has 5 rings (SSSR count). The Balaban J connectivity index is 1.34. The van der Waals surface area contributed by atoms with Crippen molar-refractivity contribution in [2.75, 3.05) is 30.4 Å². The third-order valence-corrected chi connectivity index (χ3v) is 8.30. The molecule has 2 amide bonds. The van der Waals surface area contributed by atoms with Crippen LogP contribution >= 0.6 is 0 Å². The summed E-state index contributed by atoms with van der Waals surface area (Å²) in [6.45, 7) is 0.844. The lowest BCUT2D eigenvalue weighted by Gasteiger charge is -2.26. The molecule has 0 spiro atoms. The lowest BCUT2D eigenvalue weighted by atomic mass is 9.99. The van der Waals surface area contributed by atoms with E-state index in [-0.39, 0.29) is 48.5 Å². The number of hydrogen-bond acceptors (Lipinski definition) is 7. The van der Waals surface area contributed by atoms with Gasteiger partial charge in [0.05, 0.1) is 10.6 Å². The van der Waals surface area contributed by atoms with Crippen LogP contribution in [0.1, 0.15) is 34.6 Å². The SMILES string of the molecule is O=C(Nc1n[nH]c2c1CN(S(=O)(=O)c1cc(F)cc(F)c1)CC2)c1ncccc1NC(=O)C1CCOCC1. The summed E-state index contributed by atoms with van der Waals surface area (Å²) in [6, 6.07) is 5.25. The van der Waals surface area contributed by atoms with Crippen molar-refractivity contribution < 1.29 is 31.5 Å². The summed E-state index contributed by atoms with van der Waals surface area (Å²) in [5.41, 5.74) is 1.21. The highest BCUT2D eigenvalue weighted by molar-refractivity contribution is 7.89. The van der Waals surface area contributed by atoms with E-state index in [0.717, 1.165) is 16.4 Å². The summed E-state index contributed by atoms with van der Waals surface area (Å²) in [6.07, 6.45) is 2.81. The standard InChI is InChI=1S/C24H24F2N6O5S/c25-15-10-16(26)12-17(11-15)38(35,36)32-7-3-19-18(13-32)22(31-30-19)29-24(34)21-20(2-1-6-27-21)28-23(33)14-4-8-37-9-5-14/h1-2,6,10-12,14H,3-5,7-9,13H2,(H,28,33)(H2,29,30,31,34). The average Bonchev–Trinajstić information content (AvgIpc) is 3.30. The van der Waals surface area contributed by atoms with E-state index in [1.54, 1.807) is 12.1 Å². The van der Waals surface area contributed by atoms with Crippen molar-refractivity contribution in [1.29, 1.82) is 0 Å². The Bertz CT molecular complexity index is 1470. The van der Waals surface area contributed by atoms with Gasteiger partial charge in [0.25, 0.3) is 5.91 Å². The molecular weight excluding hydrogens is 522 g/mol. The zero-order valence-corrected chi connectivity index (χ0v) is 20.9. The van der Waals surface area contributed by atoms with Crippen LogP contribution in [0, 0.1) is 17.6 Å².